The van der Waals surface area contributed by atoms with Crippen molar-refractivity contribution in [1.82, 2.24) is 9.80 Å². The minimum absolute atomic E-state index is 0.00451. The lowest BCUT2D eigenvalue weighted by molar-refractivity contribution is -0.175. The molecule has 3 rings (SSSR count). The first-order valence-electron chi connectivity index (χ1n) is 9.54. The van der Waals surface area contributed by atoms with E-state index in [0.717, 1.165) is 10.5 Å². The molecule has 2 atom stereocenters. The van der Waals surface area contributed by atoms with Crippen molar-refractivity contribution in [2.24, 2.45) is 0 Å². The number of amides is 2. The van der Waals surface area contributed by atoms with Gasteiger partial charge in [0.2, 0.25) is 0 Å². The molecule has 2 aliphatic heterocycles. The molecule has 152 valence electrons. The molecule has 0 bridgehead atoms. The fourth-order valence-electron chi connectivity index (χ4n) is 4.03. The largest absolute Gasteiger partial charge is 0.452 e. The Hall–Kier alpha value is -2.38. The Labute approximate surface area is 161 Å². The van der Waals surface area contributed by atoms with Gasteiger partial charge in [0.05, 0.1) is 6.04 Å². The first kappa shape index (κ1) is 20.4. The zero-order valence-electron chi connectivity index (χ0n) is 15.5. The van der Waals surface area contributed by atoms with E-state index >= 15 is 0 Å². The normalized spacial score (nSPS) is 22.5. The Morgan fingerprint density at radius 1 is 0.929 bits per heavy atom. The van der Waals surface area contributed by atoms with Gasteiger partial charge in [0.1, 0.15) is 6.04 Å². The van der Waals surface area contributed by atoms with Crippen molar-refractivity contribution in [3.8, 4) is 0 Å². The van der Waals surface area contributed by atoms with E-state index in [1.165, 1.54) is 4.90 Å². The number of carbonyl (C=O) groups is 3. The van der Waals surface area contributed by atoms with Crippen LogP contribution < -0.4 is 0 Å². The smallest absolute Gasteiger partial charge is 0.315 e. The van der Waals surface area contributed by atoms with Crippen molar-refractivity contribution in [2.75, 3.05) is 13.1 Å². The van der Waals surface area contributed by atoms with Gasteiger partial charge < -0.3 is 9.80 Å². The first-order valence-corrected chi connectivity index (χ1v) is 9.54. The summed E-state index contributed by atoms with van der Waals surface area (Å²) >= 11 is 0. The molecule has 8 heteroatoms. The maximum Gasteiger partial charge on any atom is 0.452 e. The minimum atomic E-state index is -4.97. The van der Waals surface area contributed by atoms with Gasteiger partial charge in [0, 0.05) is 19.5 Å². The number of ketones is 2. The molecule has 1 aromatic carbocycles. The van der Waals surface area contributed by atoms with Crippen molar-refractivity contribution in [3.63, 3.8) is 0 Å². The van der Waals surface area contributed by atoms with Crippen molar-refractivity contribution >= 4 is 17.6 Å². The number of hydrogen-bond acceptors (Lipinski definition) is 3. The molecular formula is C20H23F3N2O3. The maximum atomic E-state index is 12.9. The van der Waals surface area contributed by atoms with Gasteiger partial charge >= 0.3 is 12.2 Å². The van der Waals surface area contributed by atoms with Gasteiger partial charge in [-0.25, -0.2) is 4.79 Å². The molecule has 2 unspecified atom stereocenters. The SMILES string of the molecule is O=C(CCc1ccccc1)C1CCCN1C(=O)N1CCCC1C(=O)C(F)(F)F. The highest BCUT2D eigenvalue weighted by molar-refractivity contribution is 5.94. The monoisotopic (exact) mass is 396 g/mol. The van der Waals surface area contributed by atoms with E-state index in [1.807, 2.05) is 30.3 Å². The maximum absolute atomic E-state index is 12.9. The zero-order valence-corrected chi connectivity index (χ0v) is 15.5. The quantitative estimate of drug-likeness (QED) is 0.767. The second-order valence-corrected chi connectivity index (χ2v) is 7.30. The van der Waals surface area contributed by atoms with E-state index in [9.17, 15) is 27.6 Å². The minimum Gasteiger partial charge on any atom is -0.315 e. The predicted octanol–water partition coefficient (Wildman–Crippen LogP) is 3.37. The number of alkyl halides is 3. The summed E-state index contributed by atoms with van der Waals surface area (Å²) in [4.78, 5) is 39.5. The van der Waals surface area contributed by atoms with E-state index in [1.54, 1.807) is 0 Å². The molecule has 28 heavy (non-hydrogen) atoms. The Kier molecular flexibility index (Phi) is 6.05. The molecule has 0 spiro atoms. The number of aryl methyl sites for hydroxylation is 1. The number of hydrogen-bond donors (Lipinski definition) is 0. The Bertz CT molecular complexity index is 736. The van der Waals surface area contributed by atoms with Crippen molar-refractivity contribution in [1.29, 1.82) is 0 Å². The van der Waals surface area contributed by atoms with Crippen LogP contribution in [-0.4, -0.2) is 58.7 Å². The molecule has 0 N–H and O–H groups in total. The summed E-state index contributed by atoms with van der Waals surface area (Å²) in [6.07, 6.45) is -2.67. The summed E-state index contributed by atoms with van der Waals surface area (Å²) in [5, 5.41) is 0. The Morgan fingerprint density at radius 3 is 2.11 bits per heavy atom. The molecule has 2 heterocycles. The number of Topliss-reactive ketones (excluding diaryl/α,β-unsaturated/α-hetero) is 2. The van der Waals surface area contributed by atoms with Gasteiger partial charge in [-0.2, -0.15) is 13.2 Å². The van der Waals surface area contributed by atoms with Crippen molar-refractivity contribution < 1.29 is 27.6 Å². The van der Waals surface area contributed by atoms with Crippen LogP contribution in [0.25, 0.3) is 0 Å². The van der Waals surface area contributed by atoms with E-state index in [-0.39, 0.29) is 25.2 Å². The lowest BCUT2D eigenvalue weighted by Crippen LogP contribution is -2.53. The number of benzene rings is 1. The Morgan fingerprint density at radius 2 is 1.50 bits per heavy atom. The van der Waals surface area contributed by atoms with E-state index < -0.39 is 30.1 Å². The molecule has 5 nitrogen and oxygen atoms in total. The van der Waals surface area contributed by atoms with Gasteiger partial charge in [-0.05, 0) is 37.7 Å². The molecule has 2 fully saturated rings. The number of likely N-dealkylation sites (tertiary alicyclic amines) is 2. The number of nitrogens with zero attached hydrogens (tertiary/aromatic N) is 2. The summed E-state index contributed by atoms with van der Waals surface area (Å²) in [5.41, 5.74) is 1.02. The molecule has 2 aliphatic rings. The molecule has 2 saturated heterocycles. The second kappa shape index (κ2) is 8.32. The predicted molar refractivity (Wildman–Crippen MR) is 95.7 cm³/mol. The lowest BCUT2D eigenvalue weighted by Gasteiger charge is -2.32. The average molecular weight is 396 g/mol. The molecular weight excluding hydrogens is 373 g/mol. The lowest BCUT2D eigenvalue weighted by atomic mass is 10.0. The van der Waals surface area contributed by atoms with Crippen LogP contribution in [0.1, 0.15) is 37.7 Å². The molecule has 0 aliphatic carbocycles. The number of rotatable bonds is 5. The first-order chi connectivity index (χ1) is 13.3. The van der Waals surface area contributed by atoms with Crippen LogP contribution in [0.2, 0.25) is 0 Å². The average Bonchev–Trinajstić information content (AvgIpc) is 3.34. The van der Waals surface area contributed by atoms with Crippen LogP contribution in [0, 0.1) is 0 Å². The number of halogens is 3. The number of urea groups is 1. The van der Waals surface area contributed by atoms with Crippen LogP contribution in [0.5, 0.6) is 0 Å². The number of carbonyl (C=O) groups excluding carboxylic acids is 3. The highest BCUT2D eigenvalue weighted by Gasteiger charge is 2.49. The zero-order chi connectivity index (χ0) is 20.3. The third-order valence-electron chi connectivity index (χ3n) is 5.45. The third kappa shape index (κ3) is 4.36. The van der Waals surface area contributed by atoms with E-state index in [4.69, 9.17) is 0 Å². The second-order valence-electron chi connectivity index (χ2n) is 7.30. The van der Waals surface area contributed by atoms with Crippen LogP contribution in [0.3, 0.4) is 0 Å². The highest BCUT2D eigenvalue weighted by atomic mass is 19.4. The molecule has 0 radical (unpaired) electrons. The summed E-state index contributed by atoms with van der Waals surface area (Å²) in [7, 11) is 0. The van der Waals surface area contributed by atoms with Gasteiger partial charge in [-0.3, -0.25) is 9.59 Å². The standard InChI is InChI=1S/C20H23F3N2O3/c21-20(22,23)18(27)16-9-5-13-25(16)19(28)24-12-4-8-15(24)17(26)11-10-14-6-2-1-3-7-14/h1-3,6-7,15-16H,4-5,8-13H2. The van der Waals surface area contributed by atoms with Gasteiger partial charge in [-0.1, -0.05) is 30.3 Å². The molecule has 0 saturated carbocycles. The van der Waals surface area contributed by atoms with Crippen molar-refractivity contribution in [3.05, 3.63) is 35.9 Å². The highest BCUT2D eigenvalue weighted by Crippen LogP contribution is 2.30. The van der Waals surface area contributed by atoms with Crippen LogP contribution in [-0.2, 0) is 16.0 Å². The Balaban J connectivity index is 1.65. The summed E-state index contributed by atoms with van der Waals surface area (Å²) < 4.78 is 38.5. The van der Waals surface area contributed by atoms with Gasteiger partial charge in [0.25, 0.3) is 5.78 Å². The molecule has 2 amide bonds. The molecule has 0 aromatic heterocycles. The van der Waals surface area contributed by atoms with Gasteiger partial charge in [-0.15, -0.1) is 0 Å². The van der Waals surface area contributed by atoms with Crippen LogP contribution >= 0.6 is 0 Å². The summed E-state index contributed by atoms with van der Waals surface area (Å²) in [5.74, 6) is -1.97. The molecule has 1 aromatic rings. The van der Waals surface area contributed by atoms with Crippen molar-refractivity contribution in [2.45, 2.75) is 56.8 Å². The summed E-state index contributed by atoms with van der Waals surface area (Å²) in [6, 6.07) is 6.76. The fraction of sp³-hybridized carbons (Fsp3) is 0.550. The third-order valence-corrected chi connectivity index (χ3v) is 5.45. The van der Waals surface area contributed by atoms with E-state index in [2.05, 4.69) is 0 Å². The summed E-state index contributed by atoms with van der Waals surface area (Å²) in [6.45, 7) is 0.427. The fourth-order valence-corrected chi connectivity index (χ4v) is 4.03. The van der Waals surface area contributed by atoms with E-state index in [0.29, 0.717) is 32.2 Å². The van der Waals surface area contributed by atoms with Crippen LogP contribution in [0.15, 0.2) is 30.3 Å². The topological polar surface area (TPSA) is 57.7 Å². The van der Waals surface area contributed by atoms with Crippen LogP contribution in [0.4, 0.5) is 18.0 Å². The van der Waals surface area contributed by atoms with Gasteiger partial charge in [0.15, 0.2) is 5.78 Å².